The first-order valence-corrected chi connectivity index (χ1v) is 14.7. The lowest BCUT2D eigenvalue weighted by Gasteiger charge is -2.30. The van der Waals surface area contributed by atoms with Gasteiger partial charge in [0.2, 0.25) is 11.6 Å². The number of amides is 3. The van der Waals surface area contributed by atoms with Gasteiger partial charge < -0.3 is 40.1 Å². The standard InChI is InChI=1S/C33H41N3O10/c1-17-13-21-27(36-32(41)25-11-8-12-45-25)23(37)16-22(29(21)39)35-31(40)18(2)9-7-10-24(43-5)30(46-33(34)42)20(4)15-19(3)28(38)26(14-17)44-6/h7-12,15-17,19,24,26,28,30,38H,13-14H2,1-6H3,(H2,34,42)(H,35,40)(H,36,41)/b10-7-,18-9+,20-15+/t17-,19+,24+,26+,28-,30-/m1/s1. The fraction of sp³-hybridized carbons (Fsp3) is 0.424. The molecule has 1 aromatic rings. The van der Waals surface area contributed by atoms with Crippen molar-refractivity contribution in [3.8, 4) is 0 Å². The Morgan fingerprint density at radius 2 is 1.85 bits per heavy atom. The van der Waals surface area contributed by atoms with Crippen LogP contribution in [0.4, 0.5) is 4.79 Å². The molecule has 6 atom stereocenters. The second-order valence-corrected chi connectivity index (χ2v) is 11.4. The summed E-state index contributed by atoms with van der Waals surface area (Å²) in [5.74, 6) is -3.64. The molecule has 0 aromatic carbocycles. The number of ether oxygens (including phenoxy) is 3. The third-order valence-corrected chi connectivity index (χ3v) is 7.78. The Labute approximate surface area is 267 Å². The molecule has 0 saturated carbocycles. The normalized spacial score (nSPS) is 29.9. The van der Waals surface area contributed by atoms with Crippen molar-refractivity contribution in [2.75, 3.05) is 14.2 Å². The van der Waals surface area contributed by atoms with Crippen molar-refractivity contribution < 1.29 is 47.7 Å². The fourth-order valence-electron chi connectivity index (χ4n) is 5.30. The molecule has 248 valence electrons. The maximum absolute atomic E-state index is 13.7. The maximum Gasteiger partial charge on any atom is 0.405 e. The Morgan fingerprint density at radius 3 is 2.46 bits per heavy atom. The van der Waals surface area contributed by atoms with Gasteiger partial charge in [0.05, 0.1) is 29.9 Å². The van der Waals surface area contributed by atoms with Gasteiger partial charge in [0.1, 0.15) is 6.10 Å². The van der Waals surface area contributed by atoms with Crippen molar-refractivity contribution in [3.05, 3.63) is 82.6 Å². The molecule has 1 aromatic heterocycles. The molecule has 3 rings (SSSR count). The van der Waals surface area contributed by atoms with Crippen molar-refractivity contribution in [3.63, 3.8) is 0 Å². The number of primary amides is 1. The van der Waals surface area contributed by atoms with E-state index in [1.54, 1.807) is 32.9 Å². The molecular weight excluding hydrogens is 598 g/mol. The van der Waals surface area contributed by atoms with Gasteiger partial charge in [-0.2, -0.15) is 0 Å². The van der Waals surface area contributed by atoms with E-state index in [1.807, 2.05) is 0 Å². The van der Waals surface area contributed by atoms with E-state index in [9.17, 15) is 29.1 Å². The summed E-state index contributed by atoms with van der Waals surface area (Å²) in [7, 11) is 2.85. The third kappa shape index (κ3) is 8.99. The predicted molar refractivity (Wildman–Crippen MR) is 166 cm³/mol. The van der Waals surface area contributed by atoms with Gasteiger partial charge in [0, 0.05) is 37.4 Å². The summed E-state index contributed by atoms with van der Waals surface area (Å²) in [5.41, 5.74) is 5.57. The minimum Gasteiger partial charge on any atom is -0.459 e. The molecule has 13 heteroatoms. The molecule has 0 spiro atoms. The number of carbonyl (C=O) groups is 5. The number of nitrogens with two attached hydrogens (primary N) is 1. The molecule has 0 radical (unpaired) electrons. The number of methoxy groups -OCH3 is 2. The van der Waals surface area contributed by atoms with E-state index in [-0.39, 0.29) is 47.1 Å². The Bertz CT molecular complexity index is 1480. The number of hydrogen-bond donors (Lipinski definition) is 4. The van der Waals surface area contributed by atoms with E-state index in [2.05, 4.69) is 10.6 Å². The number of carbonyl (C=O) groups excluding carboxylic acids is 5. The topological polar surface area (TPSA) is 196 Å². The van der Waals surface area contributed by atoms with Crippen molar-refractivity contribution in [2.45, 2.75) is 65.0 Å². The van der Waals surface area contributed by atoms with Crippen LogP contribution in [0, 0.1) is 11.8 Å². The van der Waals surface area contributed by atoms with E-state index in [0.29, 0.717) is 5.57 Å². The summed E-state index contributed by atoms with van der Waals surface area (Å²) in [6.45, 7) is 6.78. The lowest BCUT2D eigenvalue weighted by molar-refractivity contribution is -0.120. The van der Waals surface area contributed by atoms with Gasteiger partial charge in [-0.3, -0.25) is 19.2 Å². The fourth-order valence-corrected chi connectivity index (χ4v) is 5.30. The van der Waals surface area contributed by atoms with E-state index in [1.165, 1.54) is 51.7 Å². The van der Waals surface area contributed by atoms with Crippen LogP contribution in [-0.2, 0) is 28.6 Å². The van der Waals surface area contributed by atoms with Gasteiger partial charge in [0.25, 0.3) is 11.8 Å². The number of rotatable bonds is 5. The summed E-state index contributed by atoms with van der Waals surface area (Å²) in [5, 5.41) is 16.3. The molecule has 46 heavy (non-hydrogen) atoms. The summed E-state index contributed by atoms with van der Waals surface area (Å²) >= 11 is 0. The highest BCUT2D eigenvalue weighted by Crippen LogP contribution is 2.29. The molecule has 13 nitrogen and oxygen atoms in total. The summed E-state index contributed by atoms with van der Waals surface area (Å²) in [6.07, 6.45) is 4.21. The minimum absolute atomic E-state index is 0.00296. The highest BCUT2D eigenvalue weighted by molar-refractivity contribution is 6.24. The third-order valence-electron chi connectivity index (χ3n) is 7.78. The second-order valence-electron chi connectivity index (χ2n) is 11.4. The lowest BCUT2D eigenvalue weighted by Crippen LogP contribution is -2.38. The number of furan rings is 1. The quantitative estimate of drug-likeness (QED) is 0.275. The summed E-state index contributed by atoms with van der Waals surface area (Å²) in [4.78, 5) is 64.7. The smallest absolute Gasteiger partial charge is 0.405 e. The van der Waals surface area contributed by atoms with E-state index in [0.717, 1.165) is 6.08 Å². The first-order chi connectivity index (χ1) is 21.8. The largest absolute Gasteiger partial charge is 0.459 e. The Balaban J connectivity index is 2.09. The first kappa shape index (κ1) is 35.9. The van der Waals surface area contributed by atoms with Crippen LogP contribution in [0.15, 0.2) is 81.3 Å². The van der Waals surface area contributed by atoms with Gasteiger partial charge in [-0.25, -0.2) is 4.79 Å². The van der Waals surface area contributed by atoms with Crippen LogP contribution >= 0.6 is 0 Å². The van der Waals surface area contributed by atoms with Gasteiger partial charge in [-0.1, -0.05) is 38.2 Å². The molecule has 1 aliphatic carbocycles. The number of hydrogen-bond acceptors (Lipinski definition) is 10. The molecule has 5 N–H and O–H groups in total. The number of aliphatic hydroxyl groups excluding tert-OH is 1. The minimum atomic E-state index is -1.04. The lowest BCUT2D eigenvalue weighted by atomic mass is 9.85. The molecule has 0 saturated heterocycles. The Morgan fingerprint density at radius 1 is 1.13 bits per heavy atom. The zero-order valence-corrected chi connectivity index (χ0v) is 26.7. The molecule has 1 aliphatic heterocycles. The number of ketones is 2. The van der Waals surface area contributed by atoms with E-state index < -0.39 is 59.8 Å². The van der Waals surface area contributed by atoms with E-state index >= 15 is 0 Å². The van der Waals surface area contributed by atoms with Crippen LogP contribution in [-0.4, -0.2) is 73.2 Å². The van der Waals surface area contributed by atoms with Crippen molar-refractivity contribution in [2.24, 2.45) is 17.6 Å². The van der Waals surface area contributed by atoms with Crippen molar-refractivity contribution >= 4 is 29.5 Å². The predicted octanol–water partition coefficient (Wildman–Crippen LogP) is 2.79. The number of aliphatic hydroxyl groups is 1. The summed E-state index contributed by atoms with van der Waals surface area (Å²) in [6, 6.07) is 2.92. The zero-order valence-electron chi connectivity index (χ0n) is 26.7. The number of nitrogens with one attached hydrogen (secondary N) is 2. The highest BCUT2D eigenvalue weighted by Gasteiger charge is 2.34. The van der Waals surface area contributed by atoms with Crippen LogP contribution in [0.2, 0.25) is 0 Å². The van der Waals surface area contributed by atoms with E-state index in [4.69, 9.17) is 24.4 Å². The van der Waals surface area contributed by atoms with Gasteiger partial charge >= 0.3 is 6.09 Å². The number of Topliss-reactive ketones (excluding diaryl/α,β-unsaturated/α-hetero) is 1. The van der Waals surface area contributed by atoms with Gasteiger partial charge in [-0.05, 0) is 50.3 Å². The molecular formula is C33H41N3O10. The van der Waals surface area contributed by atoms with Crippen LogP contribution in [0.25, 0.3) is 0 Å². The molecule has 0 fully saturated rings. The van der Waals surface area contributed by atoms with Crippen LogP contribution in [0.5, 0.6) is 0 Å². The SMILES string of the molecule is CO[C@H]1/C=C\C=C(/C)C(=O)NC2=CC(=O)C(NC(=O)c3ccco3)=C(C[C@@H](C)C[C@H](OC)[C@H](O)[C@@H](C)/C=C(\C)[C@H]1OC(N)=O)C2=O. The first-order valence-electron chi connectivity index (χ1n) is 14.7. The number of allylic oxidation sites excluding steroid dienone is 4. The van der Waals surface area contributed by atoms with Crippen LogP contribution < -0.4 is 16.4 Å². The molecule has 3 amide bonds. The maximum atomic E-state index is 13.7. The number of fused-ring (bicyclic) bond motifs is 2. The average Bonchev–Trinajstić information content (AvgIpc) is 3.55. The highest BCUT2D eigenvalue weighted by atomic mass is 16.6. The molecule has 0 unspecified atom stereocenters. The Kier molecular flexibility index (Phi) is 12.6. The Hall–Kier alpha value is -4.59. The second kappa shape index (κ2) is 16.1. The van der Waals surface area contributed by atoms with Crippen molar-refractivity contribution in [1.29, 1.82) is 0 Å². The average molecular weight is 640 g/mol. The summed E-state index contributed by atoms with van der Waals surface area (Å²) < 4.78 is 21.7. The monoisotopic (exact) mass is 639 g/mol. The van der Waals surface area contributed by atoms with Crippen LogP contribution in [0.3, 0.4) is 0 Å². The zero-order chi connectivity index (χ0) is 34.1. The van der Waals surface area contributed by atoms with Crippen LogP contribution in [0.1, 0.15) is 51.1 Å². The molecule has 2 bridgehead atoms. The van der Waals surface area contributed by atoms with Gasteiger partial charge in [0.15, 0.2) is 11.9 Å². The molecule has 2 aliphatic rings. The van der Waals surface area contributed by atoms with Crippen molar-refractivity contribution in [1.82, 2.24) is 10.6 Å². The van der Waals surface area contributed by atoms with Gasteiger partial charge in [-0.15, -0.1) is 0 Å². The molecule has 2 heterocycles.